The Morgan fingerprint density at radius 3 is 1.82 bits per heavy atom. The van der Waals surface area contributed by atoms with E-state index in [0.29, 0.717) is 39.4 Å². The monoisotopic (exact) mass is 335 g/mol. The van der Waals surface area contributed by atoms with Crippen molar-refractivity contribution in [2.45, 2.75) is 19.3 Å². The van der Waals surface area contributed by atoms with Gasteiger partial charge in [0.25, 0.3) is 0 Å². The van der Waals surface area contributed by atoms with Gasteiger partial charge in [-0.1, -0.05) is 23.2 Å². The van der Waals surface area contributed by atoms with E-state index in [-0.39, 0.29) is 23.7 Å². The van der Waals surface area contributed by atoms with E-state index in [0.717, 1.165) is 12.8 Å². The first-order valence-electron chi connectivity index (χ1n) is 7.90. The maximum Gasteiger partial charge on any atom is 0.237 e. The van der Waals surface area contributed by atoms with Gasteiger partial charge in [-0.05, 0) is 61.1 Å². The molecule has 2 amide bonds. The molecule has 3 nitrogen and oxygen atoms in total. The molecule has 0 aromatic heterocycles. The molecule has 5 heteroatoms. The van der Waals surface area contributed by atoms with Gasteiger partial charge < -0.3 is 0 Å². The largest absolute Gasteiger partial charge is 0.274 e. The maximum absolute atomic E-state index is 12.9. The number of carbonyl (C=O) groups excluding carboxylic acids is 2. The highest BCUT2D eigenvalue weighted by molar-refractivity contribution is 6.35. The fourth-order valence-corrected chi connectivity index (χ4v) is 5.98. The summed E-state index contributed by atoms with van der Waals surface area (Å²) in [6.07, 6.45) is 3.44. The number of fused-ring (bicyclic) bond motifs is 1. The summed E-state index contributed by atoms with van der Waals surface area (Å²) in [5.41, 5.74) is 0.523. The summed E-state index contributed by atoms with van der Waals surface area (Å²) in [5.74, 6) is 1.94. The fraction of sp³-hybridized carbons (Fsp3) is 0.529. The first-order chi connectivity index (χ1) is 10.6. The zero-order valence-electron chi connectivity index (χ0n) is 11.8. The van der Waals surface area contributed by atoms with Crippen molar-refractivity contribution in [3.8, 4) is 0 Å². The Labute approximate surface area is 138 Å². The summed E-state index contributed by atoms with van der Waals surface area (Å²) < 4.78 is 0. The Bertz CT molecular complexity index is 664. The van der Waals surface area contributed by atoms with Crippen LogP contribution in [0, 0.1) is 35.5 Å². The fourth-order valence-electron chi connectivity index (χ4n) is 5.46. The van der Waals surface area contributed by atoms with E-state index < -0.39 is 0 Å². The molecule has 22 heavy (non-hydrogen) atoms. The molecular weight excluding hydrogens is 321 g/mol. The number of benzene rings is 1. The molecule has 0 spiro atoms. The lowest BCUT2D eigenvalue weighted by Gasteiger charge is -2.42. The van der Waals surface area contributed by atoms with Crippen molar-refractivity contribution in [3.63, 3.8) is 0 Å². The van der Waals surface area contributed by atoms with Crippen molar-refractivity contribution in [2.24, 2.45) is 35.5 Å². The lowest BCUT2D eigenvalue weighted by molar-refractivity contribution is -0.129. The van der Waals surface area contributed by atoms with Crippen LogP contribution in [-0.4, -0.2) is 11.8 Å². The van der Waals surface area contributed by atoms with Crippen molar-refractivity contribution < 1.29 is 9.59 Å². The van der Waals surface area contributed by atoms with Crippen LogP contribution in [0.15, 0.2) is 18.2 Å². The average molecular weight is 336 g/mol. The lowest BCUT2D eigenvalue weighted by atomic mass is 9.59. The van der Waals surface area contributed by atoms with Gasteiger partial charge in [-0.2, -0.15) is 0 Å². The quantitative estimate of drug-likeness (QED) is 0.732. The van der Waals surface area contributed by atoms with Crippen LogP contribution in [0.3, 0.4) is 0 Å². The van der Waals surface area contributed by atoms with Gasteiger partial charge in [0, 0.05) is 10.0 Å². The molecule has 5 fully saturated rings. The normalized spacial score (nSPS) is 41.6. The Balaban J connectivity index is 1.59. The van der Waals surface area contributed by atoms with E-state index >= 15 is 0 Å². The molecule has 0 radical (unpaired) electrons. The number of hydrogen-bond acceptors (Lipinski definition) is 2. The van der Waals surface area contributed by atoms with Gasteiger partial charge in [0.1, 0.15) is 0 Å². The molecular formula is C17H15Cl2NO2. The van der Waals surface area contributed by atoms with Crippen molar-refractivity contribution in [2.75, 3.05) is 4.90 Å². The van der Waals surface area contributed by atoms with Gasteiger partial charge >= 0.3 is 0 Å². The third-order valence-electron chi connectivity index (χ3n) is 6.25. The Morgan fingerprint density at radius 2 is 1.32 bits per heavy atom. The minimum atomic E-state index is -0.104. The highest BCUT2D eigenvalue weighted by Crippen LogP contribution is 2.68. The van der Waals surface area contributed by atoms with E-state index in [1.54, 1.807) is 18.2 Å². The van der Waals surface area contributed by atoms with Gasteiger partial charge in [-0.15, -0.1) is 0 Å². The molecule has 1 aliphatic heterocycles. The van der Waals surface area contributed by atoms with Gasteiger partial charge in [0.15, 0.2) is 0 Å². The van der Waals surface area contributed by atoms with Crippen LogP contribution < -0.4 is 4.90 Å². The van der Waals surface area contributed by atoms with Gasteiger partial charge in [-0.3, -0.25) is 9.59 Å². The third kappa shape index (κ3) is 1.59. The molecule has 6 rings (SSSR count). The first-order valence-corrected chi connectivity index (χ1v) is 8.66. The predicted molar refractivity (Wildman–Crippen MR) is 83.7 cm³/mol. The number of rotatable bonds is 1. The molecule has 6 unspecified atom stereocenters. The minimum absolute atomic E-state index is 0.0339. The molecule has 114 valence electrons. The van der Waals surface area contributed by atoms with E-state index in [2.05, 4.69) is 0 Å². The second-order valence-corrected chi connectivity index (χ2v) is 8.03. The summed E-state index contributed by atoms with van der Waals surface area (Å²) in [6, 6.07) is 4.93. The van der Waals surface area contributed by atoms with Gasteiger partial charge in [0.05, 0.1) is 17.5 Å². The Hall–Kier alpha value is -1.06. The van der Waals surface area contributed by atoms with Crippen molar-refractivity contribution in [1.82, 2.24) is 0 Å². The first kappa shape index (κ1) is 13.4. The number of carbonyl (C=O) groups is 2. The lowest BCUT2D eigenvalue weighted by Crippen LogP contribution is -2.43. The molecule has 5 aliphatic rings. The van der Waals surface area contributed by atoms with Crippen LogP contribution in [-0.2, 0) is 9.59 Å². The Morgan fingerprint density at radius 1 is 0.818 bits per heavy atom. The summed E-state index contributed by atoms with van der Waals surface area (Å²) in [7, 11) is 0. The molecule has 4 aliphatic carbocycles. The van der Waals surface area contributed by atoms with Crippen molar-refractivity contribution in [1.29, 1.82) is 0 Å². The standard InChI is InChI=1S/C17H15Cl2NO2/c18-7-3-8(19)5-9(4-7)20-16(21)14-10-1-2-11(13-6-12(10)13)15(14)17(20)22/h3-5,10-15H,1-2,6H2. The Kier molecular flexibility index (Phi) is 2.60. The van der Waals surface area contributed by atoms with Crippen molar-refractivity contribution in [3.05, 3.63) is 28.2 Å². The SMILES string of the molecule is O=C1C2C3CCC(C4CC43)C2C(=O)N1c1cc(Cl)cc(Cl)c1. The molecule has 2 bridgehead atoms. The number of halogens is 2. The highest BCUT2D eigenvalue weighted by atomic mass is 35.5. The van der Waals surface area contributed by atoms with Crippen LogP contribution in [0.25, 0.3) is 0 Å². The molecule has 1 aromatic carbocycles. The van der Waals surface area contributed by atoms with Gasteiger partial charge in [0.2, 0.25) is 11.8 Å². The summed E-state index contributed by atoms with van der Waals surface area (Å²) >= 11 is 12.1. The second kappa shape index (κ2) is 4.27. The van der Waals surface area contributed by atoms with Crippen LogP contribution in [0.2, 0.25) is 10.0 Å². The van der Waals surface area contributed by atoms with Gasteiger partial charge in [-0.25, -0.2) is 4.90 Å². The summed E-state index contributed by atoms with van der Waals surface area (Å²) in [4.78, 5) is 27.2. The average Bonchev–Trinajstić information content (AvgIpc) is 3.23. The zero-order chi connectivity index (χ0) is 15.2. The topological polar surface area (TPSA) is 37.4 Å². The van der Waals surface area contributed by atoms with E-state index in [1.165, 1.54) is 11.3 Å². The number of imide groups is 1. The highest BCUT2D eigenvalue weighted by Gasteiger charge is 2.68. The van der Waals surface area contributed by atoms with Crippen LogP contribution >= 0.6 is 23.2 Å². The number of nitrogens with zero attached hydrogens (tertiary/aromatic N) is 1. The molecule has 6 atom stereocenters. The van der Waals surface area contributed by atoms with Crippen LogP contribution in [0.5, 0.6) is 0 Å². The second-order valence-electron chi connectivity index (χ2n) is 7.16. The van der Waals surface area contributed by atoms with Crippen molar-refractivity contribution >= 4 is 40.7 Å². The zero-order valence-corrected chi connectivity index (χ0v) is 13.3. The van der Waals surface area contributed by atoms with E-state index in [9.17, 15) is 9.59 Å². The predicted octanol–water partition coefficient (Wildman–Crippen LogP) is 3.77. The van der Waals surface area contributed by atoms with E-state index in [4.69, 9.17) is 23.2 Å². The molecule has 4 saturated carbocycles. The molecule has 1 aromatic rings. The number of hydrogen-bond donors (Lipinski definition) is 0. The van der Waals surface area contributed by atoms with Crippen LogP contribution in [0.4, 0.5) is 5.69 Å². The summed E-state index contributed by atoms with van der Waals surface area (Å²) in [5, 5.41) is 0.896. The summed E-state index contributed by atoms with van der Waals surface area (Å²) in [6.45, 7) is 0. The van der Waals surface area contributed by atoms with E-state index in [1.807, 2.05) is 0 Å². The molecule has 0 N–H and O–H groups in total. The maximum atomic E-state index is 12.9. The number of anilines is 1. The molecule has 1 saturated heterocycles. The molecule has 1 heterocycles. The number of amides is 2. The third-order valence-corrected chi connectivity index (χ3v) is 6.69. The minimum Gasteiger partial charge on any atom is -0.274 e. The smallest absolute Gasteiger partial charge is 0.237 e. The van der Waals surface area contributed by atoms with Crippen LogP contribution in [0.1, 0.15) is 19.3 Å².